The van der Waals surface area contributed by atoms with Crippen molar-refractivity contribution in [2.24, 2.45) is 22.7 Å². The van der Waals surface area contributed by atoms with Crippen LogP contribution in [0.5, 0.6) is 0 Å². The monoisotopic (exact) mass is 290 g/mol. The Bertz CT molecular complexity index is 296. The van der Waals surface area contributed by atoms with Crippen molar-refractivity contribution in [3.8, 4) is 0 Å². The summed E-state index contributed by atoms with van der Waals surface area (Å²) in [6.45, 7) is 4.73. The molecule has 0 N–H and O–H groups in total. The molecule has 0 heterocycles. The van der Waals surface area contributed by atoms with Crippen LogP contribution >= 0.6 is 0 Å². The zero-order chi connectivity index (χ0) is 14.8. The number of fused-ring (bicyclic) bond motifs is 3. The normalized spacial score (nSPS) is 43.1. The van der Waals surface area contributed by atoms with Crippen molar-refractivity contribution in [3.63, 3.8) is 0 Å². The molecule has 0 unspecified atom stereocenters. The Labute approximate surface area is 133 Å². The van der Waals surface area contributed by atoms with Crippen molar-refractivity contribution < 1.29 is 0 Å². The minimum absolute atomic E-state index is 0.803. The van der Waals surface area contributed by atoms with E-state index in [0.29, 0.717) is 0 Å². The Kier molecular flexibility index (Phi) is 5.01. The first-order valence-corrected chi connectivity index (χ1v) is 10.2. The first kappa shape index (κ1) is 15.9. The van der Waals surface area contributed by atoms with Gasteiger partial charge in [-0.3, -0.25) is 0 Å². The first-order chi connectivity index (χ1) is 10.2. The Hall–Kier alpha value is 0. The fourth-order valence-electron chi connectivity index (χ4n) is 6.30. The molecule has 0 aromatic carbocycles. The van der Waals surface area contributed by atoms with Gasteiger partial charge in [-0.05, 0) is 80.5 Å². The van der Waals surface area contributed by atoms with E-state index < -0.39 is 0 Å². The Morgan fingerprint density at radius 1 is 0.762 bits per heavy atom. The highest BCUT2D eigenvalue weighted by Crippen LogP contribution is 2.63. The topological polar surface area (TPSA) is 0 Å². The minimum Gasteiger partial charge on any atom is -0.0654 e. The molecule has 0 saturated heterocycles. The summed E-state index contributed by atoms with van der Waals surface area (Å²) < 4.78 is 0. The predicted molar refractivity (Wildman–Crippen MR) is 92.4 cm³/mol. The van der Waals surface area contributed by atoms with E-state index in [1.54, 1.807) is 70.6 Å². The van der Waals surface area contributed by atoms with E-state index in [-0.39, 0.29) is 0 Å². The average molecular weight is 291 g/mol. The summed E-state index contributed by atoms with van der Waals surface area (Å²) in [5, 5.41) is 0. The molecule has 4 aliphatic carbocycles. The third kappa shape index (κ3) is 3.20. The smallest absolute Gasteiger partial charge is 0.0269 e. The van der Waals surface area contributed by atoms with Crippen molar-refractivity contribution in [2.75, 3.05) is 0 Å². The molecule has 0 nitrogen and oxygen atoms in total. The average Bonchev–Trinajstić information content (AvgIpc) is 2.56. The second kappa shape index (κ2) is 6.63. The molecule has 4 fully saturated rings. The molecule has 0 heteroatoms. The van der Waals surface area contributed by atoms with Gasteiger partial charge in [0.15, 0.2) is 0 Å². The van der Waals surface area contributed by atoms with Gasteiger partial charge in [-0.2, -0.15) is 0 Å². The van der Waals surface area contributed by atoms with Crippen LogP contribution in [0, 0.1) is 22.7 Å². The maximum Gasteiger partial charge on any atom is -0.0269 e. The van der Waals surface area contributed by atoms with Gasteiger partial charge in [0.1, 0.15) is 0 Å². The predicted octanol–water partition coefficient (Wildman–Crippen LogP) is 7.12. The Morgan fingerprint density at radius 3 is 1.90 bits per heavy atom. The van der Waals surface area contributed by atoms with Gasteiger partial charge in [0.2, 0.25) is 0 Å². The molecule has 0 spiro atoms. The highest BCUT2D eigenvalue weighted by Gasteiger charge is 2.51. The molecule has 4 rings (SSSR count). The third-order valence-corrected chi connectivity index (χ3v) is 7.93. The molecule has 0 radical (unpaired) electrons. The van der Waals surface area contributed by atoms with Gasteiger partial charge in [-0.15, -0.1) is 0 Å². The summed E-state index contributed by atoms with van der Waals surface area (Å²) in [5.41, 5.74) is 1.61. The number of rotatable bonds is 6. The van der Waals surface area contributed by atoms with Gasteiger partial charge in [0, 0.05) is 0 Å². The van der Waals surface area contributed by atoms with E-state index in [0.717, 1.165) is 22.7 Å². The molecule has 4 saturated carbocycles. The molecule has 0 aromatic rings. The standard InChI is InChI=1S/C21H38/c1-3-5-11-20-12-15-21(16-13-20,17-14-20)19-9-7-18(6-4-2)8-10-19/h18-19H,3-17H2,1-2H3. The van der Waals surface area contributed by atoms with Crippen LogP contribution < -0.4 is 0 Å². The fraction of sp³-hybridized carbons (Fsp3) is 1.00. The van der Waals surface area contributed by atoms with Gasteiger partial charge in [0.25, 0.3) is 0 Å². The van der Waals surface area contributed by atoms with Crippen LogP contribution in [-0.4, -0.2) is 0 Å². The first-order valence-electron chi connectivity index (χ1n) is 10.2. The largest absolute Gasteiger partial charge is 0.0654 e. The lowest BCUT2D eigenvalue weighted by Crippen LogP contribution is -2.46. The van der Waals surface area contributed by atoms with Crippen LogP contribution in [0.15, 0.2) is 0 Å². The van der Waals surface area contributed by atoms with Crippen LogP contribution in [-0.2, 0) is 0 Å². The lowest BCUT2D eigenvalue weighted by molar-refractivity contribution is -0.0653. The summed E-state index contributed by atoms with van der Waals surface area (Å²) in [6, 6.07) is 0. The van der Waals surface area contributed by atoms with Crippen molar-refractivity contribution in [1.29, 1.82) is 0 Å². The maximum atomic E-state index is 2.36. The van der Waals surface area contributed by atoms with E-state index in [9.17, 15) is 0 Å². The fourth-order valence-corrected chi connectivity index (χ4v) is 6.30. The lowest BCUT2D eigenvalue weighted by Gasteiger charge is -2.58. The highest BCUT2D eigenvalue weighted by atomic mass is 14.6. The van der Waals surface area contributed by atoms with Crippen LogP contribution in [0.3, 0.4) is 0 Å². The number of hydrogen-bond acceptors (Lipinski definition) is 0. The van der Waals surface area contributed by atoms with Crippen LogP contribution in [0.1, 0.15) is 110 Å². The second-order valence-corrected chi connectivity index (χ2v) is 8.97. The summed E-state index contributed by atoms with van der Waals surface area (Å²) in [6.07, 6.45) is 23.1. The summed E-state index contributed by atoms with van der Waals surface area (Å²) >= 11 is 0. The molecular weight excluding hydrogens is 252 g/mol. The van der Waals surface area contributed by atoms with Crippen molar-refractivity contribution in [3.05, 3.63) is 0 Å². The van der Waals surface area contributed by atoms with E-state index in [1.165, 1.54) is 25.7 Å². The summed E-state index contributed by atoms with van der Waals surface area (Å²) in [5.74, 6) is 2.19. The molecule has 0 atom stereocenters. The summed E-state index contributed by atoms with van der Waals surface area (Å²) in [4.78, 5) is 0. The Morgan fingerprint density at radius 2 is 1.38 bits per heavy atom. The van der Waals surface area contributed by atoms with Gasteiger partial charge >= 0.3 is 0 Å². The van der Waals surface area contributed by atoms with Gasteiger partial charge in [-0.1, -0.05) is 52.4 Å². The third-order valence-electron chi connectivity index (χ3n) is 7.93. The van der Waals surface area contributed by atoms with Crippen LogP contribution in [0.4, 0.5) is 0 Å². The van der Waals surface area contributed by atoms with E-state index in [1.807, 2.05) is 0 Å². The Balaban J connectivity index is 1.54. The molecule has 122 valence electrons. The SMILES string of the molecule is CCCCC12CCC(C3CCC(CCC)CC3)(CC1)CC2. The molecule has 4 aliphatic rings. The molecule has 2 bridgehead atoms. The van der Waals surface area contributed by atoms with Crippen LogP contribution in [0.25, 0.3) is 0 Å². The van der Waals surface area contributed by atoms with Crippen molar-refractivity contribution in [1.82, 2.24) is 0 Å². The van der Waals surface area contributed by atoms with Gasteiger partial charge < -0.3 is 0 Å². The molecule has 0 aromatic heterocycles. The van der Waals surface area contributed by atoms with E-state index in [4.69, 9.17) is 0 Å². The lowest BCUT2D eigenvalue weighted by atomic mass is 9.47. The van der Waals surface area contributed by atoms with E-state index in [2.05, 4.69) is 13.8 Å². The number of unbranched alkanes of at least 4 members (excludes halogenated alkanes) is 1. The minimum atomic E-state index is 0.803. The zero-order valence-electron chi connectivity index (χ0n) is 14.8. The molecule has 0 aliphatic heterocycles. The second-order valence-electron chi connectivity index (χ2n) is 8.97. The van der Waals surface area contributed by atoms with Crippen molar-refractivity contribution >= 4 is 0 Å². The molecule has 0 amide bonds. The van der Waals surface area contributed by atoms with E-state index >= 15 is 0 Å². The zero-order valence-corrected chi connectivity index (χ0v) is 14.8. The molecule has 21 heavy (non-hydrogen) atoms. The quantitative estimate of drug-likeness (QED) is 0.488. The van der Waals surface area contributed by atoms with Gasteiger partial charge in [-0.25, -0.2) is 0 Å². The number of hydrogen-bond donors (Lipinski definition) is 0. The van der Waals surface area contributed by atoms with Crippen LogP contribution in [0.2, 0.25) is 0 Å². The molecular formula is C21H38. The maximum absolute atomic E-state index is 2.36. The van der Waals surface area contributed by atoms with Crippen molar-refractivity contribution in [2.45, 2.75) is 110 Å². The summed E-state index contributed by atoms with van der Waals surface area (Å²) in [7, 11) is 0. The van der Waals surface area contributed by atoms with Gasteiger partial charge in [0.05, 0.1) is 0 Å². The highest BCUT2D eigenvalue weighted by molar-refractivity contribution is 5.02.